The monoisotopic (exact) mass is 328 g/mol. The Morgan fingerprint density at radius 1 is 1.31 bits per heavy atom. The first kappa shape index (κ1) is 13.2. The molecule has 0 bridgehead atoms. The second-order valence-electron chi connectivity index (χ2n) is 2.77. The molecule has 1 aromatic rings. The minimum atomic E-state index is -0.792. The lowest BCUT2D eigenvalue weighted by molar-refractivity contribution is 0.260. The lowest BCUT2D eigenvalue weighted by Gasteiger charge is -2.15. The third-order valence-electron chi connectivity index (χ3n) is 1.35. The number of carbonyl (C=O) groups is 1. The van der Waals surface area contributed by atoms with Gasteiger partial charge in [0.25, 0.3) is 5.95 Å². The molecule has 0 unspecified atom stereocenters. The van der Waals surface area contributed by atoms with E-state index in [0.717, 1.165) is 4.03 Å². The molecule has 0 fully saturated rings. The molecule has 10 heteroatoms. The number of halogens is 3. The van der Waals surface area contributed by atoms with Crippen LogP contribution in [0.25, 0.3) is 0 Å². The second kappa shape index (κ2) is 5.46. The van der Waals surface area contributed by atoms with Crippen LogP contribution in [0.4, 0.5) is 16.7 Å². The van der Waals surface area contributed by atoms with E-state index in [4.69, 9.17) is 23.2 Å². The van der Waals surface area contributed by atoms with E-state index < -0.39 is 5.37 Å². The van der Waals surface area contributed by atoms with Gasteiger partial charge < -0.3 is 4.90 Å². The van der Waals surface area contributed by atoms with Crippen molar-refractivity contribution in [2.75, 3.05) is 23.0 Å². The largest absolute Gasteiger partial charge is 0.347 e. The summed E-state index contributed by atoms with van der Waals surface area (Å²) in [6.45, 7) is 0. The van der Waals surface area contributed by atoms with Gasteiger partial charge in [-0.15, -0.1) is 0 Å². The van der Waals surface area contributed by atoms with E-state index in [9.17, 15) is 4.79 Å². The lowest BCUT2D eigenvalue weighted by Crippen LogP contribution is -2.32. The number of aromatic nitrogens is 3. The molecule has 1 aromatic heterocycles. The number of hydrogen-bond acceptors (Lipinski definition) is 6. The van der Waals surface area contributed by atoms with Gasteiger partial charge in [0, 0.05) is 14.1 Å². The van der Waals surface area contributed by atoms with Gasteiger partial charge in [-0.05, 0) is 23.2 Å². The van der Waals surface area contributed by atoms with Crippen molar-refractivity contribution in [1.82, 2.24) is 20.4 Å². The second-order valence-corrected chi connectivity index (χ2v) is 4.16. The Labute approximate surface area is 110 Å². The van der Waals surface area contributed by atoms with Crippen molar-refractivity contribution in [2.45, 2.75) is 0 Å². The summed E-state index contributed by atoms with van der Waals surface area (Å²) in [4.78, 5) is 23.9. The molecule has 1 heterocycles. The van der Waals surface area contributed by atoms with E-state index in [-0.39, 0.29) is 11.2 Å². The molecule has 16 heavy (non-hydrogen) atoms. The first-order valence-electron chi connectivity index (χ1n) is 3.91. The van der Waals surface area contributed by atoms with Crippen LogP contribution in [0, 0.1) is 0 Å². The van der Waals surface area contributed by atoms with Crippen LogP contribution in [0.3, 0.4) is 0 Å². The number of nitrogens with one attached hydrogen (secondary N) is 1. The van der Waals surface area contributed by atoms with Crippen molar-refractivity contribution in [1.29, 1.82) is 0 Å². The van der Waals surface area contributed by atoms with Crippen molar-refractivity contribution >= 4 is 56.6 Å². The Bertz CT molecular complexity index is 403. The Hall–Kier alpha value is -0.860. The van der Waals surface area contributed by atoms with E-state index in [1.807, 2.05) is 0 Å². The zero-order valence-corrected chi connectivity index (χ0v) is 11.4. The van der Waals surface area contributed by atoms with Crippen molar-refractivity contribution < 1.29 is 4.79 Å². The standard InChI is InChI=1S/C6H7BrCl2N6O/c1-14(2)5-10-3(8)11-6(12-5)15(7)13-4(9)16/h1-2H3,(H,13,16). The van der Waals surface area contributed by atoms with Gasteiger partial charge in [-0.25, -0.2) is 5.43 Å². The minimum absolute atomic E-state index is 0.00183. The molecule has 0 aliphatic heterocycles. The summed E-state index contributed by atoms with van der Waals surface area (Å²) in [7, 11) is 3.49. The molecule has 0 saturated heterocycles. The zero-order chi connectivity index (χ0) is 12.3. The molecule has 0 spiro atoms. The van der Waals surface area contributed by atoms with Gasteiger partial charge in [-0.3, -0.25) is 4.79 Å². The summed E-state index contributed by atoms with van der Waals surface area (Å²) in [5, 5.41) is -0.790. The molecule has 1 amide bonds. The molecule has 7 nitrogen and oxygen atoms in total. The van der Waals surface area contributed by atoms with Crippen LogP contribution in [0.5, 0.6) is 0 Å². The highest BCUT2D eigenvalue weighted by Gasteiger charge is 2.13. The van der Waals surface area contributed by atoms with E-state index >= 15 is 0 Å². The minimum Gasteiger partial charge on any atom is -0.347 e. The van der Waals surface area contributed by atoms with E-state index in [1.165, 1.54) is 0 Å². The molecule has 0 aliphatic carbocycles. The van der Waals surface area contributed by atoms with Gasteiger partial charge in [-0.1, -0.05) is 0 Å². The molecule has 0 radical (unpaired) electrons. The first-order valence-corrected chi connectivity index (χ1v) is 5.37. The number of nitrogens with zero attached hydrogens (tertiary/aromatic N) is 5. The Morgan fingerprint density at radius 3 is 2.38 bits per heavy atom. The van der Waals surface area contributed by atoms with Crippen molar-refractivity contribution in [3.05, 3.63) is 5.28 Å². The van der Waals surface area contributed by atoms with Crippen molar-refractivity contribution in [3.8, 4) is 0 Å². The maximum absolute atomic E-state index is 10.6. The fraction of sp³-hybridized carbons (Fsp3) is 0.333. The third-order valence-corrected chi connectivity index (χ3v) is 2.09. The number of anilines is 2. The summed E-state index contributed by atoms with van der Waals surface area (Å²) in [6, 6.07) is 0. The summed E-state index contributed by atoms with van der Waals surface area (Å²) < 4.78 is 1.06. The van der Waals surface area contributed by atoms with Crippen molar-refractivity contribution in [2.24, 2.45) is 0 Å². The summed E-state index contributed by atoms with van der Waals surface area (Å²) in [5.41, 5.74) is 2.20. The molecule has 1 rings (SSSR count). The number of carbonyl (C=O) groups excluding carboxylic acids is 1. The van der Waals surface area contributed by atoms with Crippen LogP contribution < -0.4 is 14.4 Å². The predicted octanol–water partition coefficient (Wildman–Crippen LogP) is 1.57. The van der Waals surface area contributed by atoms with Gasteiger partial charge >= 0.3 is 5.37 Å². The summed E-state index contributed by atoms with van der Waals surface area (Å²) in [5.74, 6) is 0.459. The molecule has 0 aromatic carbocycles. The predicted molar refractivity (Wildman–Crippen MR) is 65.0 cm³/mol. The average molecular weight is 330 g/mol. The fourth-order valence-corrected chi connectivity index (χ4v) is 1.40. The third kappa shape index (κ3) is 3.62. The van der Waals surface area contributed by atoms with Crippen molar-refractivity contribution in [3.63, 3.8) is 0 Å². The number of hydrogen-bond donors (Lipinski definition) is 1. The van der Waals surface area contributed by atoms with E-state index in [1.54, 1.807) is 19.0 Å². The van der Waals surface area contributed by atoms with E-state index in [0.29, 0.717) is 5.95 Å². The Morgan fingerprint density at radius 2 is 1.88 bits per heavy atom. The van der Waals surface area contributed by atoms with Crippen LogP contribution in [-0.2, 0) is 0 Å². The molecule has 0 atom stereocenters. The van der Waals surface area contributed by atoms with Gasteiger partial charge in [0.15, 0.2) is 0 Å². The highest BCUT2D eigenvalue weighted by Crippen LogP contribution is 2.16. The number of rotatable bonds is 3. The first-order chi connectivity index (χ1) is 7.40. The quantitative estimate of drug-likeness (QED) is 0.393. The molecule has 0 saturated carbocycles. The zero-order valence-electron chi connectivity index (χ0n) is 8.28. The van der Waals surface area contributed by atoms with Crippen LogP contribution in [0.2, 0.25) is 5.28 Å². The highest BCUT2D eigenvalue weighted by molar-refractivity contribution is 9.10. The SMILES string of the molecule is CN(C)c1nc(Cl)nc(N(Br)NC(=O)Cl)n1. The van der Waals surface area contributed by atoms with Crippen LogP contribution in [-0.4, -0.2) is 34.4 Å². The summed E-state index contributed by atoms with van der Waals surface area (Å²) >= 11 is 13.8. The average Bonchev–Trinajstić information content (AvgIpc) is 2.15. The van der Waals surface area contributed by atoms with Crippen LogP contribution in [0.1, 0.15) is 0 Å². The molecule has 1 N–H and O–H groups in total. The van der Waals surface area contributed by atoms with E-state index in [2.05, 4.69) is 36.5 Å². The maximum Gasteiger partial charge on any atom is 0.333 e. The van der Waals surface area contributed by atoms with Gasteiger partial charge in [0.05, 0.1) is 16.1 Å². The topological polar surface area (TPSA) is 74.2 Å². The molecule has 88 valence electrons. The fourth-order valence-electron chi connectivity index (χ4n) is 0.744. The van der Waals surface area contributed by atoms with Gasteiger partial charge in [0.2, 0.25) is 11.2 Å². The Balaban J connectivity index is 2.99. The molecule has 0 aliphatic rings. The lowest BCUT2D eigenvalue weighted by atomic mass is 10.8. The van der Waals surface area contributed by atoms with Gasteiger partial charge in [0.1, 0.15) is 0 Å². The molecular formula is C6H7BrCl2N6O. The Kier molecular flexibility index (Phi) is 4.51. The van der Waals surface area contributed by atoms with Gasteiger partial charge in [-0.2, -0.15) is 19.0 Å². The molecular weight excluding hydrogens is 323 g/mol. The number of hydrazine groups is 1. The normalized spacial score (nSPS) is 9.81. The number of amides is 1. The summed E-state index contributed by atoms with van der Waals surface area (Å²) in [6.07, 6.45) is 0. The highest BCUT2D eigenvalue weighted by atomic mass is 79.9. The van der Waals surface area contributed by atoms with Crippen LogP contribution in [0.15, 0.2) is 0 Å². The van der Waals surface area contributed by atoms with Crippen LogP contribution >= 0.6 is 39.3 Å². The smallest absolute Gasteiger partial charge is 0.333 e. The maximum atomic E-state index is 10.6.